The minimum Gasteiger partial charge on any atom is -0.467 e. The van der Waals surface area contributed by atoms with Gasteiger partial charge in [0.2, 0.25) is 5.95 Å². The van der Waals surface area contributed by atoms with Gasteiger partial charge < -0.3 is 9.64 Å². The molecule has 1 atom stereocenters. The predicted octanol–water partition coefficient (Wildman–Crippen LogP) is 3.98. The first-order valence-corrected chi connectivity index (χ1v) is 15.0. The van der Waals surface area contributed by atoms with Crippen LogP contribution in [-0.2, 0) is 16.3 Å². The Morgan fingerprint density at radius 3 is 2.46 bits per heavy atom. The molecule has 5 rings (SSSR count). The van der Waals surface area contributed by atoms with Crippen LogP contribution < -0.4 is 9.64 Å². The highest BCUT2D eigenvalue weighted by atomic mass is 32.2. The molecule has 1 saturated heterocycles. The molecule has 0 saturated carbocycles. The summed E-state index contributed by atoms with van der Waals surface area (Å²) in [6, 6.07) is 3.15. The third-order valence-corrected chi connectivity index (χ3v) is 8.35. The van der Waals surface area contributed by atoms with Gasteiger partial charge in [-0.2, -0.15) is 4.98 Å². The molecule has 1 unspecified atom stereocenters. The Bertz CT molecular complexity index is 1470. The van der Waals surface area contributed by atoms with Gasteiger partial charge in [-0.25, -0.2) is 33.3 Å². The molecule has 1 aliphatic rings. The van der Waals surface area contributed by atoms with Crippen molar-refractivity contribution in [3.8, 4) is 16.5 Å². The highest BCUT2D eigenvalue weighted by Crippen LogP contribution is 2.31. The predicted molar refractivity (Wildman–Crippen MR) is 143 cm³/mol. The SMILES string of the molecule is CCCc1cnc(N2CCC(C(C)Oc3nc4ncc(-c5ccc(S(C)(=O)=O)nc5)nc4s3)CC2)nc1. The van der Waals surface area contributed by atoms with E-state index in [-0.39, 0.29) is 11.1 Å². The number of rotatable bonds is 8. The lowest BCUT2D eigenvalue weighted by Gasteiger charge is -2.34. The zero-order valence-corrected chi connectivity index (χ0v) is 22.7. The second-order valence-electron chi connectivity index (χ2n) is 9.31. The summed E-state index contributed by atoms with van der Waals surface area (Å²) in [6.07, 6.45) is 12.2. The molecule has 0 amide bonds. The van der Waals surface area contributed by atoms with Crippen LogP contribution in [0.2, 0.25) is 0 Å². The normalized spacial score (nSPS) is 15.7. The maximum Gasteiger partial charge on any atom is 0.277 e. The second-order valence-corrected chi connectivity index (χ2v) is 12.2. The molecular formula is C25H29N7O3S2. The Morgan fingerprint density at radius 1 is 1.05 bits per heavy atom. The van der Waals surface area contributed by atoms with Crippen LogP contribution in [0.5, 0.6) is 5.19 Å². The zero-order valence-electron chi connectivity index (χ0n) is 21.0. The topological polar surface area (TPSA) is 124 Å². The van der Waals surface area contributed by atoms with Crippen LogP contribution in [0.25, 0.3) is 21.7 Å². The lowest BCUT2D eigenvalue weighted by Crippen LogP contribution is -2.39. The molecule has 5 heterocycles. The maximum atomic E-state index is 11.7. The van der Waals surface area contributed by atoms with E-state index < -0.39 is 9.84 Å². The van der Waals surface area contributed by atoms with Gasteiger partial charge in [0.1, 0.15) is 6.10 Å². The molecule has 0 spiro atoms. The molecule has 194 valence electrons. The molecule has 10 nitrogen and oxygen atoms in total. The summed E-state index contributed by atoms with van der Waals surface area (Å²) in [5, 5.41) is 0.568. The van der Waals surface area contributed by atoms with Gasteiger partial charge in [0.15, 0.2) is 25.3 Å². The first-order chi connectivity index (χ1) is 17.8. The third kappa shape index (κ3) is 5.85. The van der Waals surface area contributed by atoms with E-state index >= 15 is 0 Å². The fourth-order valence-electron chi connectivity index (χ4n) is 4.40. The molecule has 0 radical (unpaired) electrons. The van der Waals surface area contributed by atoms with Crippen molar-refractivity contribution in [2.45, 2.75) is 50.7 Å². The van der Waals surface area contributed by atoms with Crippen LogP contribution in [0, 0.1) is 5.92 Å². The van der Waals surface area contributed by atoms with Crippen molar-refractivity contribution in [3.05, 3.63) is 42.5 Å². The Hall–Kier alpha value is -3.25. The molecule has 0 bridgehead atoms. The summed E-state index contributed by atoms with van der Waals surface area (Å²) in [7, 11) is -3.36. The minimum atomic E-state index is -3.36. The number of hydrogen-bond donors (Lipinski definition) is 0. The molecule has 0 aromatic carbocycles. The minimum absolute atomic E-state index is 0.00256. The lowest BCUT2D eigenvalue weighted by atomic mass is 9.92. The van der Waals surface area contributed by atoms with E-state index in [9.17, 15) is 8.42 Å². The standard InChI is InChI=1S/C25H29N7O3S2/c1-4-5-17-12-28-24(29-13-17)32-10-8-18(9-11-32)16(2)35-25-31-22-23(36-25)30-20(15-27-22)19-6-7-21(26-14-19)37(3,33)34/h6-7,12-16,18H,4-5,8-11H2,1-3H3. The van der Waals surface area contributed by atoms with Gasteiger partial charge in [0.05, 0.1) is 11.9 Å². The molecule has 37 heavy (non-hydrogen) atoms. The van der Waals surface area contributed by atoms with E-state index in [1.807, 2.05) is 12.4 Å². The van der Waals surface area contributed by atoms with Gasteiger partial charge in [-0.15, -0.1) is 0 Å². The van der Waals surface area contributed by atoms with E-state index in [1.165, 1.54) is 29.2 Å². The number of fused-ring (bicyclic) bond motifs is 1. The molecule has 4 aromatic heterocycles. The Labute approximate surface area is 220 Å². The summed E-state index contributed by atoms with van der Waals surface area (Å²) < 4.78 is 29.5. The number of thiazole rings is 1. The van der Waals surface area contributed by atoms with Crippen LogP contribution in [0.4, 0.5) is 5.95 Å². The summed E-state index contributed by atoms with van der Waals surface area (Å²) >= 11 is 1.35. The number of aromatic nitrogens is 6. The van der Waals surface area contributed by atoms with Crippen molar-refractivity contribution in [1.82, 2.24) is 29.9 Å². The van der Waals surface area contributed by atoms with E-state index in [4.69, 9.17) is 4.74 Å². The largest absolute Gasteiger partial charge is 0.467 e. The first-order valence-electron chi connectivity index (χ1n) is 12.3. The van der Waals surface area contributed by atoms with Gasteiger partial charge in [-0.05, 0) is 49.8 Å². The Kier molecular flexibility index (Phi) is 7.29. The monoisotopic (exact) mass is 539 g/mol. The number of ether oxygens (including phenoxy) is 1. The van der Waals surface area contributed by atoms with Crippen molar-refractivity contribution in [1.29, 1.82) is 0 Å². The number of aryl methyl sites for hydroxylation is 1. The van der Waals surface area contributed by atoms with Gasteiger partial charge in [-0.1, -0.05) is 24.7 Å². The van der Waals surface area contributed by atoms with Crippen LogP contribution in [-0.4, -0.2) is 63.8 Å². The van der Waals surface area contributed by atoms with Crippen molar-refractivity contribution < 1.29 is 13.2 Å². The van der Waals surface area contributed by atoms with Crippen molar-refractivity contribution in [2.75, 3.05) is 24.2 Å². The summed E-state index contributed by atoms with van der Waals surface area (Å²) in [6.45, 7) is 6.03. The van der Waals surface area contributed by atoms with Crippen LogP contribution in [0.3, 0.4) is 0 Å². The van der Waals surface area contributed by atoms with Crippen LogP contribution >= 0.6 is 11.3 Å². The van der Waals surface area contributed by atoms with Crippen molar-refractivity contribution >= 4 is 37.6 Å². The average molecular weight is 540 g/mol. The van der Waals surface area contributed by atoms with Crippen molar-refractivity contribution in [2.24, 2.45) is 5.92 Å². The number of nitrogens with zero attached hydrogens (tertiary/aromatic N) is 7. The summed E-state index contributed by atoms with van der Waals surface area (Å²) in [5.74, 6) is 1.20. The number of piperidine rings is 1. The Balaban J connectivity index is 1.21. The molecule has 0 aliphatic carbocycles. The van der Waals surface area contributed by atoms with E-state index in [2.05, 4.69) is 48.7 Å². The van der Waals surface area contributed by atoms with Gasteiger partial charge in [0, 0.05) is 43.5 Å². The van der Waals surface area contributed by atoms with Gasteiger partial charge in [-0.3, -0.25) is 0 Å². The first kappa shape index (κ1) is 25.4. The Morgan fingerprint density at radius 2 is 1.81 bits per heavy atom. The van der Waals surface area contributed by atoms with E-state index in [1.54, 1.807) is 12.3 Å². The smallest absolute Gasteiger partial charge is 0.277 e. The molecular weight excluding hydrogens is 510 g/mol. The van der Waals surface area contributed by atoms with Gasteiger partial charge >= 0.3 is 0 Å². The van der Waals surface area contributed by atoms with Crippen LogP contribution in [0.15, 0.2) is 41.9 Å². The zero-order chi connectivity index (χ0) is 26.0. The molecule has 4 aromatic rings. The second kappa shape index (κ2) is 10.6. The summed E-state index contributed by atoms with van der Waals surface area (Å²) in [4.78, 5) is 29.6. The maximum absolute atomic E-state index is 11.7. The highest BCUT2D eigenvalue weighted by molar-refractivity contribution is 7.90. The fourth-order valence-corrected chi connectivity index (χ4v) is 5.79. The fraction of sp³-hybridized carbons (Fsp3) is 0.440. The number of anilines is 1. The van der Waals surface area contributed by atoms with E-state index in [0.29, 0.717) is 32.8 Å². The highest BCUT2D eigenvalue weighted by Gasteiger charge is 2.27. The molecule has 12 heteroatoms. The van der Waals surface area contributed by atoms with Crippen molar-refractivity contribution in [3.63, 3.8) is 0 Å². The van der Waals surface area contributed by atoms with Crippen LogP contribution in [0.1, 0.15) is 38.7 Å². The number of hydrogen-bond acceptors (Lipinski definition) is 11. The third-order valence-electron chi connectivity index (χ3n) is 6.52. The quantitative estimate of drug-likeness (QED) is 0.325. The average Bonchev–Trinajstić information content (AvgIpc) is 3.30. The van der Waals surface area contributed by atoms with E-state index in [0.717, 1.165) is 51.0 Å². The molecule has 1 fully saturated rings. The number of sulfone groups is 1. The lowest BCUT2D eigenvalue weighted by molar-refractivity contribution is 0.132. The number of pyridine rings is 1. The molecule has 0 N–H and O–H groups in total. The van der Waals surface area contributed by atoms with Gasteiger partial charge in [0.25, 0.3) is 5.19 Å². The molecule has 1 aliphatic heterocycles. The summed E-state index contributed by atoms with van der Waals surface area (Å²) in [5.41, 5.74) is 2.98.